The second-order valence-corrected chi connectivity index (χ2v) is 5.47. The maximum absolute atomic E-state index is 6.02. The number of nitrogens with two attached hydrogens (primary N) is 1. The van der Waals surface area contributed by atoms with E-state index in [2.05, 4.69) is 26.0 Å². The molecule has 3 unspecified atom stereocenters. The van der Waals surface area contributed by atoms with Gasteiger partial charge >= 0.3 is 0 Å². The van der Waals surface area contributed by atoms with Crippen LogP contribution in [0.25, 0.3) is 0 Å². The minimum absolute atomic E-state index is 0.424. The largest absolute Gasteiger partial charge is 0.327 e. The number of rotatable bonds is 1. The second-order valence-electron chi connectivity index (χ2n) is 4.16. The molecule has 1 heterocycles. The third kappa shape index (κ3) is 1.65. The Bertz CT molecular complexity index is 292. The van der Waals surface area contributed by atoms with E-state index in [1.165, 1.54) is 22.6 Å². The minimum Gasteiger partial charge on any atom is -0.327 e. The van der Waals surface area contributed by atoms with Crippen LogP contribution in [-0.2, 0) is 0 Å². The number of hydrogen-bond donors (Lipinski definition) is 1. The lowest BCUT2D eigenvalue weighted by Gasteiger charge is -2.16. The summed E-state index contributed by atoms with van der Waals surface area (Å²) < 4.78 is 0. The maximum atomic E-state index is 6.02. The number of aryl methyl sites for hydroxylation is 1. The van der Waals surface area contributed by atoms with E-state index in [1.54, 1.807) is 0 Å². The molecule has 0 aliphatic heterocycles. The molecule has 0 bridgehead atoms. The molecule has 2 rings (SSSR count). The molecule has 1 aliphatic rings. The Balaban J connectivity index is 2.18. The summed E-state index contributed by atoms with van der Waals surface area (Å²) in [5.41, 5.74) is 6.02. The zero-order valence-corrected chi connectivity index (χ0v) is 9.10. The molecule has 2 heteroatoms. The molecule has 1 aromatic heterocycles. The van der Waals surface area contributed by atoms with Gasteiger partial charge in [-0.25, -0.2) is 0 Å². The Labute approximate surface area is 84.0 Å². The van der Waals surface area contributed by atoms with Crippen molar-refractivity contribution in [3.63, 3.8) is 0 Å². The van der Waals surface area contributed by atoms with Crippen molar-refractivity contribution in [2.45, 2.75) is 38.6 Å². The van der Waals surface area contributed by atoms with Gasteiger partial charge in [-0.05, 0) is 43.7 Å². The topological polar surface area (TPSA) is 26.0 Å². The van der Waals surface area contributed by atoms with E-state index in [9.17, 15) is 0 Å². The van der Waals surface area contributed by atoms with Gasteiger partial charge in [0.15, 0.2) is 0 Å². The highest BCUT2D eigenvalue weighted by molar-refractivity contribution is 7.12. The SMILES string of the molecule is Cc1ccc(C2CCC(N)C2C)s1. The van der Waals surface area contributed by atoms with Crippen LogP contribution in [0.1, 0.15) is 35.4 Å². The van der Waals surface area contributed by atoms with E-state index in [1.807, 2.05) is 11.3 Å². The van der Waals surface area contributed by atoms with E-state index in [-0.39, 0.29) is 0 Å². The number of hydrogen-bond acceptors (Lipinski definition) is 2. The van der Waals surface area contributed by atoms with E-state index in [4.69, 9.17) is 5.73 Å². The van der Waals surface area contributed by atoms with Gasteiger partial charge in [0.05, 0.1) is 0 Å². The highest BCUT2D eigenvalue weighted by atomic mass is 32.1. The lowest BCUT2D eigenvalue weighted by atomic mass is 9.95. The van der Waals surface area contributed by atoms with Crippen LogP contribution in [-0.4, -0.2) is 6.04 Å². The maximum Gasteiger partial charge on any atom is 0.00822 e. The van der Waals surface area contributed by atoms with Gasteiger partial charge in [0.2, 0.25) is 0 Å². The first-order valence-electron chi connectivity index (χ1n) is 5.00. The molecule has 3 atom stereocenters. The van der Waals surface area contributed by atoms with Gasteiger partial charge in [0, 0.05) is 15.8 Å². The fourth-order valence-corrected chi connectivity index (χ4v) is 3.38. The monoisotopic (exact) mass is 195 g/mol. The summed E-state index contributed by atoms with van der Waals surface area (Å²) in [7, 11) is 0. The molecule has 0 spiro atoms. The van der Waals surface area contributed by atoms with Gasteiger partial charge in [-0.1, -0.05) is 6.92 Å². The smallest absolute Gasteiger partial charge is 0.00822 e. The predicted molar refractivity (Wildman–Crippen MR) is 58.2 cm³/mol. The zero-order chi connectivity index (χ0) is 9.42. The molecule has 1 saturated carbocycles. The van der Waals surface area contributed by atoms with Crippen LogP contribution in [0.15, 0.2) is 12.1 Å². The molecular weight excluding hydrogens is 178 g/mol. The first-order chi connectivity index (χ1) is 6.18. The second kappa shape index (κ2) is 3.43. The fraction of sp³-hybridized carbons (Fsp3) is 0.636. The average Bonchev–Trinajstić information content (AvgIpc) is 2.62. The molecule has 0 aromatic carbocycles. The van der Waals surface area contributed by atoms with Crippen LogP contribution >= 0.6 is 11.3 Å². The predicted octanol–water partition coefficient (Wildman–Crippen LogP) is 2.90. The molecule has 1 fully saturated rings. The highest BCUT2D eigenvalue weighted by Crippen LogP contribution is 2.41. The van der Waals surface area contributed by atoms with Crippen molar-refractivity contribution >= 4 is 11.3 Å². The van der Waals surface area contributed by atoms with E-state index in [0.717, 1.165) is 5.92 Å². The van der Waals surface area contributed by atoms with Crippen molar-refractivity contribution < 1.29 is 0 Å². The summed E-state index contributed by atoms with van der Waals surface area (Å²) >= 11 is 1.94. The van der Waals surface area contributed by atoms with Crippen molar-refractivity contribution in [1.82, 2.24) is 0 Å². The third-order valence-electron chi connectivity index (χ3n) is 3.25. The zero-order valence-electron chi connectivity index (χ0n) is 8.29. The Morgan fingerprint density at radius 3 is 2.62 bits per heavy atom. The van der Waals surface area contributed by atoms with Crippen molar-refractivity contribution in [2.24, 2.45) is 11.7 Å². The van der Waals surface area contributed by atoms with Crippen LogP contribution < -0.4 is 5.73 Å². The summed E-state index contributed by atoms with van der Waals surface area (Å²) in [6.45, 7) is 4.46. The molecule has 72 valence electrons. The lowest BCUT2D eigenvalue weighted by molar-refractivity contribution is 0.484. The third-order valence-corrected chi connectivity index (χ3v) is 4.38. The Morgan fingerprint density at radius 1 is 1.38 bits per heavy atom. The first-order valence-corrected chi connectivity index (χ1v) is 5.82. The first kappa shape index (κ1) is 9.22. The lowest BCUT2D eigenvalue weighted by Crippen LogP contribution is -2.24. The molecule has 1 nitrogen and oxygen atoms in total. The molecule has 2 N–H and O–H groups in total. The molecule has 0 amide bonds. The summed E-state index contributed by atoms with van der Waals surface area (Å²) in [6, 6.07) is 4.92. The van der Waals surface area contributed by atoms with Crippen LogP contribution in [0.4, 0.5) is 0 Å². The molecule has 1 aromatic rings. The summed E-state index contributed by atoms with van der Waals surface area (Å²) in [6.07, 6.45) is 2.48. The Morgan fingerprint density at radius 2 is 2.15 bits per heavy atom. The van der Waals surface area contributed by atoms with Gasteiger partial charge < -0.3 is 5.73 Å². The van der Waals surface area contributed by atoms with Gasteiger partial charge in [-0.3, -0.25) is 0 Å². The molecule has 1 aliphatic carbocycles. The van der Waals surface area contributed by atoms with Gasteiger partial charge in [0.25, 0.3) is 0 Å². The van der Waals surface area contributed by atoms with Gasteiger partial charge in [0.1, 0.15) is 0 Å². The number of thiophene rings is 1. The molecule has 0 saturated heterocycles. The molecular formula is C11H17NS. The summed E-state index contributed by atoms with van der Waals surface area (Å²) in [5.74, 6) is 1.40. The van der Waals surface area contributed by atoms with Crippen LogP contribution in [0.5, 0.6) is 0 Å². The standard InChI is InChI=1S/C11H17NS/c1-7-3-6-11(13-7)9-4-5-10(12)8(9)2/h3,6,8-10H,4-5,12H2,1-2H3. The van der Waals surface area contributed by atoms with E-state index in [0.29, 0.717) is 12.0 Å². The van der Waals surface area contributed by atoms with Crippen LogP contribution in [0.3, 0.4) is 0 Å². The quantitative estimate of drug-likeness (QED) is 0.732. The molecule has 13 heavy (non-hydrogen) atoms. The van der Waals surface area contributed by atoms with Crippen molar-refractivity contribution in [1.29, 1.82) is 0 Å². The highest BCUT2D eigenvalue weighted by Gasteiger charge is 2.31. The van der Waals surface area contributed by atoms with Crippen LogP contribution in [0.2, 0.25) is 0 Å². The normalized spacial score (nSPS) is 33.9. The van der Waals surface area contributed by atoms with Crippen molar-refractivity contribution in [3.8, 4) is 0 Å². The fourth-order valence-electron chi connectivity index (χ4n) is 2.25. The van der Waals surface area contributed by atoms with Crippen molar-refractivity contribution in [2.75, 3.05) is 0 Å². The Hall–Kier alpha value is -0.340. The minimum atomic E-state index is 0.424. The van der Waals surface area contributed by atoms with Crippen LogP contribution in [0, 0.1) is 12.8 Å². The van der Waals surface area contributed by atoms with E-state index < -0.39 is 0 Å². The van der Waals surface area contributed by atoms with Gasteiger partial charge in [-0.15, -0.1) is 11.3 Å². The summed E-state index contributed by atoms with van der Waals surface area (Å²) in [4.78, 5) is 2.96. The van der Waals surface area contributed by atoms with Gasteiger partial charge in [-0.2, -0.15) is 0 Å². The molecule has 0 radical (unpaired) electrons. The Kier molecular flexibility index (Phi) is 2.43. The average molecular weight is 195 g/mol. The van der Waals surface area contributed by atoms with Crippen molar-refractivity contribution in [3.05, 3.63) is 21.9 Å². The van der Waals surface area contributed by atoms with E-state index >= 15 is 0 Å². The summed E-state index contributed by atoms with van der Waals surface area (Å²) in [5, 5.41) is 0.